The molecule has 1 aromatic rings. The Bertz CT molecular complexity index is 400. The van der Waals surface area contributed by atoms with Crippen molar-refractivity contribution in [3.8, 4) is 0 Å². The number of aromatic nitrogens is 1. The third-order valence-electron chi connectivity index (χ3n) is 3.26. The van der Waals surface area contributed by atoms with Crippen LogP contribution in [0.2, 0.25) is 0 Å². The maximum absolute atomic E-state index is 13.5. The van der Waals surface area contributed by atoms with Crippen LogP contribution in [-0.2, 0) is 0 Å². The fourth-order valence-corrected chi connectivity index (χ4v) is 2.50. The molecule has 3 nitrogen and oxygen atoms in total. The Labute approximate surface area is 111 Å². The molecule has 0 aliphatic rings. The quantitative estimate of drug-likeness (QED) is 0.836. The van der Waals surface area contributed by atoms with Gasteiger partial charge in [-0.2, -0.15) is 11.8 Å². The van der Waals surface area contributed by atoms with E-state index < -0.39 is 11.6 Å². The molecule has 0 saturated heterocycles. The first-order valence-electron chi connectivity index (χ1n) is 5.88. The number of thioether (sulfide) groups is 1. The van der Waals surface area contributed by atoms with Crippen LogP contribution in [-0.4, -0.2) is 22.5 Å². The molecule has 6 heteroatoms. The van der Waals surface area contributed by atoms with Crippen LogP contribution in [0.4, 0.5) is 20.4 Å². The van der Waals surface area contributed by atoms with Gasteiger partial charge in [0.15, 0.2) is 23.3 Å². The Morgan fingerprint density at radius 1 is 1.33 bits per heavy atom. The van der Waals surface area contributed by atoms with Gasteiger partial charge in [-0.3, -0.25) is 0 Å². The number of pyridine rings is 1. The average Bonchev–Trinajstić information content (AvgIpc) is 2.37. The lowest BCUT2D eigenvalue weighted by Gasteiger charge is -2.30. The first-order valence-corrected chi connectivity index (χ1v) is 7.11. The second-order valence-electron chi connectivity index (χ2n) is 4.13. The van der Waals surface area contributed by atoms with E-state index in [1.165, 1.54) is 0 Å². The monoisotopic (exact) mass is 275 g/mol. The zero-order valence-electron chi connectivity index (χ0n) is 10.9. The van der Waals surface area contributed by atoms with Gasteiger partial charge in [0.1, 0.15) is 0 Å². The predicted molar refractivity (Wildman–Crippen MR) is 73.9 cm³/mol. The summed E-state index contributed by atoms with van der Waals surface area (Å²) in [5, 5.41) is 2.92. The first kappa shape index (κ1) is 15.0. The highest BCUT2D eigenvalue weighted by molar-refractivity contribution is 8.00. The van der Waals surface area contributed by atoms with Crippen molar-refractivity contribution in [1.29, 1.82) is 0 Å². The van der Waals surface area contributed by atoms with E-state index in [1.54, 1.807) is 11.8 Å². The molecule has 0 unspecified atom stereocenters. The third kappa shape index (κ3) is 3.25. The molecule has 0 atom stereocenters. The number of nitrogen functional groups attached to an aromatic ring is 1. The number of nitrogens with zero attached hydrogens (tertiary/aromatic N) is 1. The van der Waals surface area contributed by atoms with E-state index in [0.717, 1.165) is 18.9 Å². The highest BCUT2D eigenvalue weighted by Crippen LogP contribution is 2.31. The first-order chi connectivity index (χ1) is 8.48. The minimum absolute atomic E-state index is 0.00854. The molecular formula is C12H19F2N3S. The minimum atomic E-state index is -0.833. The van der Waals surface area contributed by atoms with Gasteiger partial charge < -0.3 is 11.1 Å². The molecular weight excluding hydrogens is 256 g/mol. The van der Waals surface area contributed by atoms with Gasteiger partial charge in [-0.05, 0) is 19.1 Å². The molecule has 1 rings (SSSR count). The van der Waals surface area contributed by atoms with Crippen LogP contribution in [0.3, 0.4) is 0 Å². The average molecular weight is 275 g/mol. The largest absolute Gasteiger partial charge is 0.381 e. The number of rotatable bonds is 6. The van der Waals surface area contributed by atoms with Crippen LogP contribution >= 0.6 is 11.8 Å². The summed E-state index contributed by atoms with van der Waals surface area (Å²) >= 11 is 1.73. The standard InChI is InChI=1S/C12H19F2N3S/c1-4-12(5-2,18-3)7-16-11-9(14)6-8(13)10(15)17-11/h6H,4-5,7H2,1-3H3,(H3,15,16,17). The lowest BCUT2D eigenvalue weighted by atomic mass is 10.0. The lowest BCUT2D eigenvalue weighted by molar-refractivity contribution is 0.560. The van der Waals surface area contributed by atoms with Crippen molar-refractivity contribution in [2.24, 2.45) is 0 Å². The topological polar surface area (TPSA) is 50.9 Å². The Morgan fingerprint density at radius 3 is 2.44 bits per heavy atom. The van der Waals surface area contributed by atoms with Gasteiger partial charge >= 0.3 is 0 Å². The summed E-state index contributed by atoms with van der Waals surface area (Å²) in [5.74, 6) is -1.83. The molecule has 1 heterocycles. The Morgan fingerprint density at radius 2 is 1.94 bits per heavy atom. The van der Waals surface area contributed by atoms with Gasteiger partial charge in [0.05, 0.1) is 0 Å². The van der Waals surface area contributed by atoms with Crippen LogP contribution in [0.1, 0.15) is 26.7 Å². The highest BCUT2D eigenvalue weighted by atomic mass is 32.2. The number of hydrogen-bond acceptors (Lipinski definition) is 4. The van der Waals surface area contributed by atoms with Crippen molar-refractivity contribution in [3.63, 3.8) is 0 Å². The van der Waals surface area contributed by atoms with Crippen LogP contribution in [0.15, 0.2) is 6.07 Å². The van der Waals surface area contributed by atoms with Crippen LogP contribution < -0.4 is 11.1 Å². The molecule has 0 aliphatic carbocycles. The van der Waals surface area contributed by atoms with Crippen molar-refractivity contribution in [2.45, 2.75) is 31.4 Å². The Balaban J connectivity index is 2.83. The molecule has 0 fully saturated rings. The normalized spacial score (nSPS) is 11.6. The molecule has 0 radical (unpaired) electrons. The van der Waals surface area contributed by atoms with Crippen molar-refractivity contribution in [1.82, 2.24) is 4.98 Å². The predicted octanol–water partition coefficient (Wildman–Crippen LogP) is 3.28. The fourth-order valence-electron chi connectivity index (χ4n) is 1.71. The number of nitrogens with two attached hydrogens (primary N) is 1. The van der Waals surface area contributed by atoms with E-state index in [0.29, 0.717) is 6.54 Å². The molecule has 1 aromatic heterocycles. The van der Waals surface area contributed by atoms with Crippen LogP contribution in [0, 0.1) is 11.6 Å². The Hall–Kier alpha value is -1.04. The third-order valence-corrected chi connectivity index (χ3v) is 4.84. The molecule has 0 spiro atoms. The summed E-state index contributed by atoms with van der Waals surface area (Å²) in [5.41, 5.74) is 5.33. The second-order valence-corrected chi connectivity index (χ2v) is 5.41. The molecule has 102 valence electrons. The van der Waals surface area contributed by atoms with Crippen molar-refractivity contribution >= 4 is 23.4 Å². The van der Waals surface area contributed by atoms with E-state index >= 15 is 0 Å². The summed E-state index contributed by atoms with van der Waals surface area (Å²) in [6, 6.07) is 0.753. The molecule has 3 N–H and O–H groups in total. The van der Waals surface area contributed by atoms with Gasteiger partial charge in [-0.15, -0.1) is 0 Å². The smallest absolute Gasteiger partial charge is 0.168 e. The van der Waals surface area contributed by atoms with Gasteiger partial charge in [0, 0.05) is 17.4 Å². The lowest BCUT2D eigenvalue weighted by Crippen LogP contribution is -2.32. The van der Waals surface area contributed by atoms with Crippen molar-refractivity contribution in [3.05, 3.63) is 17.7 Å². The number of halogens is 2. The molecule has 0 aromatic carbocycles. The minimum Gasteiger partial charge on any atom is -0.381 e. The summed E-state index contributed by atoms with van der Waals surface area (Å²) in [6.45, 7) is 4.74. The molecule has 0 bridgehead atoms. The second kappa shape index (κ2) is 6.22. The van der Waals surface area contributed by atoms with Crippen LogP contribution in [0.25, 0.3) is 0 Å². The SMILES string of the molecule is CCC(CC)(CNc1nc(N)c(F)cc1F)SC. The summed E-state index contributed by atoms with van der Waals surface area (Å²) < 4.78 is 26.5. The van der Waals surface area contributed by atoms with Gasteiger partial charge in [0.2, 0.25) is 0 Å². The summed E-state index contributed by atoms with van der Waals surface area (Å²) in [4.78, 5) is 3.69. The van der Waals surface area contributed by atoms with Crippen LogP contribution in [0.5, 0.6) is 0 Å². The zero-order valence-corrected chi connectivity index (χ0v) is 11.7. The molecule has 0 aliphatic heterocycles. The summed E-state index contributed by atoms with van der Waals surface area (Å²) in [6.07, 6.45) is 3.93. The highest BCUT2D eigenvalue weighted by Gasteiger charge is 2.25. The van der Waals surface area contributed by atoms with E-state index in [4.69, 9.17) is 5.73 Å². The number of nitrogens with one attached hydrogen (secondary N) is 1. The van der Waals surface area contributed by atoms with Crippen molar-refractivity contribution in [2.75, 3.05) is 23.9 Å². The fraction of sp³-hybridized carbons (Fsp3) is 0.583. The van der Waals surface area contributed by atoms with E-state index in [2.05, 4.69) is 24.1 Å². The van der Waals surface area contributed by atoms with Crippen molar-refractivity contribution < 1.29 is 8.78 Å². The maximum atomic E-state index is 13.5. The van der Waals surface area contributed by atoms with E-state index in [1.807, 2.05) is 6.26 Å². The molecule has 0 saturated carbocycles. The number of anilines is 2. The van der Waals surface area contributed by atoms with Gasteiger partial charge in [0.25, 0.3) is 0 Å². The maximum Gasteiger partial charge on any atom is 0.168 e. The summed E-state index contributed by atoms with van der Waals surface area (Å²) in [7, 11) is 0. The van der Waals surface area contributed by atoms with E-state index in [-0.39, 0.29) is 16.4 Å². The van der Waals surface area contributed by atoms with Gasteiger partial charge in [-0.1, -0.05) is 13.8 Å². The Kier molecular flexibility index (Phi) is 5.19. The van der Waals surface area contributed by atoms with E-state index in [9.17, 15) is 8.78 Å². The zero-order chi connectivity index (χ0) is 13.8. The molecule has 18 heavy (non-hydrogen) atoms. The number of hydrogen-bond donors (Lipinski definition) is 2. The van der Waals surface area contributed by atoms with Gasteiger partial charge in [-0.25, -0.2) is 13.8 Å². The molecule has 0 amide bonds.